The number of amides is 1. The molecule has 0 saturated heterocycles. The average molecular weight is 389 g/mol. The summed E-state index contributed by atoms with van der Waals surface area (Å²) in [6.07, 6.45) is 1.44. The highest BCUT2D eigenvalue weighted by atomic mass is 19.1. The van der Waals surface area contributed by atoms with Crippen LogP contribution in [0.3, 0.4) is 0 Å². The minimum absolute atomic E-state index is 0.189. The molecule has 1 aliphatic heterocycles. The first-order chi connectivity index (χ1) is 14.1. The second-order valence-electron chi connectivity index (χ2n) is 7.62. The van der Waals surface area contributed by atoms with E-state index < -0.39 is 11.2 Å². The monoisotopic (exact) mass is 389 g/mol. The molecule has 0 radical (unpaired) electrons. The lowest BCUT2D eigenvalue weighted by molar-refractivity contribution is -0.118. The molecular weight excluding hydrogens is 369 g/mol. The maximum absolute atomic E-state index is 14.6. The summed E-state index contributed by atoms with van der Waals surface area (Å²) in [6.45, 7) is 2.06. The van der Waals surface area contributed by atoms with Crippen LogP contribution in [0.4, 0.5) is 10.1 Å². The van der Waals surface area contributed by atoms with Crippen LogP contribution in [0, 0.1) is 12.7 Å². The van der Waals surface area contributed by atoms with Crippen molar-refractivity contribution in [3.8, 4) is 22.6 Å². The standard InChI is InChI=1S/C24H20FNO3/c1-15-11-19(25)20(13-18(15)16-5-3-2-4-6-16)26-23(27)24(9-10-24)17-7-8-21-22(12-17)29-14-28-21/h2-8,11-13H,9-10,14H2,1H3,(H,26,27). The Morgan fingerprint density at radius 1 is 1.00 bits per heavy atom. The average Bonchev–Trinajstić information content (AvgIpc) is 3.41. The Balaban J connectivity index is 1.45. The predicted octanol–water partition coefficient (Wildman–Crippen LogP) is 5.20. The number of hydrogen-bond donors (Lipinski definition) is 1. The summed E-state index contributed by atoms with van der Waals surface area (Å²) < 4.78 is 25.4. The molecule has 29 heavy (non-hydrogen) atoms. The number of anilines is 1. The number of carbonyl (C=O) groups excluding carboxylic acids is 1. The van der Waals surface area contributed by atoms with Gasteiger partial charge in [0.25, 0.3) is 0 Å². The summed E-state index contributed by atoms with van der Waals surface area (Å²) >= 11 is 0. The van der Waals surface area contributed by atoms with Crippen molar-refractivity contribution in [3.05, 3.63) is 77.6 Å². The zero-order valence-corrected chi connectivity index (χ0v) is 16.0. The molecule has 3 aromatic rings. The summed E-state index contributed by atoms with van der Waals surface area (Å²) in [5.74, 6) is 0.701. The summed E-state index contributed by atoms with van der Waals surface area (Å²) in [4.78, 5) is 13.1. The van der Waals surface area contributed by atoms with Crippen LogP contribution in [0.15, 0.2) is 60.7 Å². The van der Waals surface area contributed by atoms with Crippen LogP contribution in [-0.2, 0) is 10.2 Å². The third-order valence-corrected chi connectivity index (χ3v) is 5.76. The van der Waals surface area contributed by atoms with Gasteiger partial charge in [-0.2, -0.15) is 0 Å². The number of carbonyl (C=O) groups is 1. The van der Waals surface area contributed by atoms with Crippen molar-refractivity contribution in [1.29, 1.82) is 0 Å². The van der Waals surface area contributed by atoms with E-state index in [-0.39, 0.29) is 18.4 Å². The van der Waals surface area contributed by atoms with Crippen LogP contribution in [0.2, 0.25) is 0 Å². The third-order valence-electron chi connectivity index (χ3n) is 5.76. The van der Waals surface area contributed by atoms with Crippen LogP contribution in [0.1, 0.15) is 24.0 Å². The van der Waals surface area contributed by atoms with Crippen molar-refractivity contribution in [1.82, 2.24) is 0 Å². The molecule has 5 heteroatoms. The van der Waals surface area contributed by atoms with Crippen LogP contribution < -0.4 is 14.8 Å². The fourth-order valence-corrected chi connectivity index (χ4v) is 3.91. The molecule has 4 nitrogen and oxygen atoms in total. The number of halogens is 1. The van der Waals surface area contributed by atoms with Gasteiger partial charge in [0.2, 0.25) is 12.7 Å². The number of ether oxygens (including phenoxy) is 2. The molecule has 1 fully saturated rings. The first-order valence-corrected chi connectivity index (χ1v) is 9.64. The SMILES string of the molecule is Cc1cc(F)c(NC(=O)C2(c3ccc4c(c3)OCO4)CC2)cc1-c1ccccc1. The van der Waals surface area contributed by atoms with E-state index in [1.54, 1.807) is 6.07 Å². The molecule has 1 amide bonds. The smallest absolute Gasteiger partial charge is 0.235 e. The molecule has 1 heterocycles. The number of aryl methyl sites for hydroxylation is 1. The maximum atomic E-state index is 14.6. The quantitative estimate of drug-likeness (QED) is 0.667. The van der Waals surface area contributed by atoms with Gasteiger partial charge in [-0.3, -0.25) is 4.79 Å². The lowest BCUT2D eigenvalue weighted by Gasteiger charge is -2.18. The Kier molecular flexibility index (Phi) is 4.05. The number of nitrogens with one attached hydrogen (secondary N) is 1. The van der Waals surface area contributed by atoms with Gasteiger partial charge >= 0.3 is 0 Å². The van der Waals surface area contributed by atoms with E-state index in [0.717, 1.165) is 35.1 Å². The summed E-state index contributed by atoms with van der Waals surface area (Å²) in [5.41, 5.74) is 3.13. The van der Waals surface area contributed by atoms with Crippen molar-refractivity contribution >= 4 is 11.6 Å². The van der Waals surface area contributed by atoms with E-state index >= 15 is 0 Å². The van der Waals surface area contributed by atoms with Gasteiger partial charge in [-0.15, -0.1) is 0 Å². The van der Waals surface area contributed by atoms with Gasteiger partial charge in [-0.25, -0.2) is 4.39 Å². The van der Waals surface area contributed by atoms with E-state index in [1.807, 2.05) is 55.5 Å². The number of rotatable bonds is 4. The Morgan fingerprint density at radius 2 is 1.76 bits per heavy atom. The normalized spacial score (nSPS) is 15.8. The Labute approximate surface area is 168 Å². The molecule has 2 aliphatic rings. The topological polar surface area (TPSA) is 47.6 Å². The second-order valence-corrected chi connectivity index (χ2v) is 7.62. The molecule has 146 valence electrons. The van der Waals surface area contributed by atoms with Gasteiger partial charge in [-0.05, 0) is 66.3 Å². The number of fused-ring (bicyclic) bond motifs is 1. The van der Waals surface area contributed by atoms with E-state index in [2.05, 4.69) is 5.32 Å². The van der Waals surface area contributed by atoms with Crippen LogP contribution >= 0.6 is 0 Å². The van der Waals surface area contributed by atoms with Crippen molar-refractivity contribution in [2.45, 2.75) is 25.2 Å². The van der Waals surface area contributed by atoms with Gasteiger partial charge < -0.3 is 14.8 Å². The van der Waals surface area contributed by atoms with Gasteiger partial charge in [0.05, 0.1) is 11.1 Å². The molecule has 0 atom stereocenters. The summed E-state index contributed by atoms with van der Waals surface area (Å²) in [5, 5.41) is 2.83. The van der Waals surface area contributed by atoms with E-state index in [1.165, 1.54) is 6.07 Å². The van der Waals surface area contributed by atoms with Crippen LogP contribution in [0.5, 0.6) is 11.5 Å². The maximum Gasteiger partial charge on any atom is 0.235 e. The summed E-state index contributed by atoms with van der Waals surface area (Å²) in [6, 6.07) is 18.5. The zero-order chi connectivity index (χ0) is 20.0. The summed E-state index contributed by atoms with van der Waals surface area (Å²) in [7, 11) is 0. The van der Waals surface area contributed by atoms with Gasteiger partial charge in [0, 0.05) is 0 Å². The lowest BCUT2D eigenvalue weighted by Crippen LogP contribution is -2.28. The minimum Gasteiger partial charge on any atom is -0.454 e. The molecule has 1 N–H and O–H groups in total. The van der Waals surface area contributed by atoms with Gasteiger partial charge in [0.1, 0.15) is 5.82 Å². The molecule has 0 aromatic heterocycles. The van der Waals surface area contributed by atoms with Crippen LogP contribution in [-0.4, -0.2) is 12.7 Å². The van der Waals surface area contributed by atoms with E-state index in [4.69, 9.17) is 9.47 Å². The van der Waals surface area contributed by atoms with Crippen molar-refractivity contribution in [3.63, 3.8) is 0 Å². The molecule has 1 aliphatic carbocycles. The molecule has 0 bridgehead atoms. The Bertz CT molecular complexity index is 1110. The molecule has 5 rings (SSSR count). The fraction of sp³-hybridized carbons (Fsp3) is 0.208. The molecule has 1 saturated carbocycles. The zero-order valence-electron chi connectivity index (χ0n) is 16.0. The number of benzene rings is 3. The highest BCUT2D eigenvalue weighted by Crippen LogP contribution is 2.51. The molecular formula is C24H20FNO3. The van der Waals surface area contributed by atoms with E-state index in [0.29, 0.717) is 11.5 Å². The molecule has 0 spiro atoms. The lowest BCUT2D eigenvalue weighted by atomic mass is 9.94. The molecule has 3 aromatic carbocycles. The first-order valence-electron chi connectivity index (χ1n) is 9.64. The van der Waals surface area contributed by atoms with Crippen molar-refractivity contribution < 1.29 is 18.7 Å². The minimum atomic E-state index is -0.648. The fourth-order valence-electron chi connectivity index (χ4n) is 3.91. The molecule has 0 unspecified atom stereocenters. The van der Waals surface area contributed by atoms with E-state index in [9.17, 15) is 9.18 Å². The van der Waals surface area contributed by atoms with Gasteiger partial charge in [-0.1, -0.05) is 36.4 Å². The highest BCUT2D eigenvalue weighted by Gasteiger charge is 2.51. The Morgan fingerprint density at radius 3 is 2.52 bits per heavy atom. The second kappa shape index (κ2) is 6.62. The van der Waals surface area contributed by atoms with Crippen molar-refractivity contribution in [2.75, 3.05) is 12.1 Å². The predicted molar refractivity (Wildman–Crippen MR) is 109 cm³/mol. The van der Waals surface area contributed by atoms with Crippen molar-refractivity contribution in [2.24, 2.45) is 0 Å². The van der Waals surface area contributed by atoms with Gasteiger partial charge in [0.15, 0.2) is 11.5 Å². The number of hydrogen-bond acceptors (Lipinski definition) is 3. The first kappa shape index (κ1) is 17.7. The highest BCUT2D eigenvalue weighted by molar-refractivity contribution is 6.02. The Hall–Kier alpha value is -3.34. The third kappa shape index (κ3) is 3.03. The largest absolute Gasteiger partial charge is 0.454 e. The van der Waals surface area contributed by atoms with Crippen LogP contribution in [0.25, 0.3) is 11.1 Å².